The summed E-state index contributed by atoms with van der Waals surface area (Å²) in [6.07, 6.45) is 2.19. The predicted octanol–water partition coefficient (Wildman–Crippen LogP) is 4.95. The minimum absolute atomic E-state index is 0.0998. The summed E-state index contributed by atoms with van der Waals surface area (Å²) < 4.78 is 6.24. The van der Waals surface area contributed by atoms with Gasteiger partial charge in [-0.1, -0.05) is 56.3 Å². The highest BCUT2D eigenvalue weighted by Gasteiger charge is 2.34. The first kappa shape index (κ1) is 19.2. The van der Waals surface area contributed by atoms with Crippen molar-refractivity contribution in [3.05, 3.63) is 71.8 Å². The molecule has 1 amide bonds. The number of carbonyl (C=O) groups excluding carboxylic acids is 1. The van der Waals surface area contributed by atoms with Gasteiger partial charge in [0, 0.05) is 23.7 Å². The summed E-state index contributed by atoms with van der Waals surface area (Å²) in [6.45, 7) is 4.95. The fraction of sp³-hybridized carbons (Fsp3) is 0.333. The van der Waals surface area contributed by atoms with Crippen molar-refractivity contribution in [3.8, 4) is 11.3 Å². The Hall–Kier alpha value is -3.08. The number of amides is 1. The van der Waals surface area contributed by atoms with E-state index < -0.39 is 0 Å². The molecule has 0 spiro atoms. The van der Waals surface area contributed by atoms with Gasteiger partial charge >= 0.3 is 0 Å². The quantitative estimate of drug-likeness (QED) is 0.627. The van der Waals surface area contributed by atoms with Gasteiger partial charge in [-0.15, -0.1) is 0 Å². The molecule has 2 aromatic carbocycles. The average Bonchev–Trinajstić information content (AvgIpc) is 3.37. The van der Waals surface area contributed by atoms with Crippen LogP contribution in [0.3, 0.4) is 0 Å². The summed E-state index contributed by atoms with van der Waals surface area (Å²) in [5.41, 5.74) is 9.35. The Bertz CT molecular complexity index is 977. The van der Waals surface area contributed by atoms with Crippen LogP contribution in [0.4, 0.5) is 5.69 Å². The normalized spacial score (nSPS) is 16.5. The average molecular weight is 389 g/mol. The number of nitrogens with two attached hydrogens (primary N) is 1. The second-order valence-corrected chi connectivity index (χ2v) is 7.95. The molecule has 1 fully saturated rings. The number of anilines is 1. The molecular formula is C24H27N3O2. The molecule has 0 radical (unpaired) electrons. The van der Waals surface area contributed by atoms with Gasteiger partial charge < -0.3 is 15.1 Å². The molecule has 1 saturated heterocycles. The highest BCUT2D eigenvalue weighted by molar-refractivity contribution is 5.79. The number of hydrogen-bond donors (Lipinski definition) is 1. The molecule has 3 aromatic rings. The van der Waals surface area contributed by atoms with Crippen LogP contribution in [-0.4, -0.2) is 22.3 Å². The van der Waals surface area contributed by atoms with Crippen LogP contribution in [0.25, 0.3) is 11.3 Å². The van der Waals surface area contributed by atoms with Gasteiger partial charge in [0.05, 0.1) is 6.42 Å². The maximum absolute atomic E-state index is 13.0. The molecule has 1 atom stereocenters. The molecule has 2 heterocycles. The Labute approximate surface area is 171 Å². The number of carbonyl (C=O) groups is 1. The van der Waals surface area contributed by atoms with Gasteiger partial charge in [0.1, 0.15) is 17.5 Å². The summed E-state index contributed by atoms with van der Waals surface area (Å²) in [7, 11) is 0. The Balaban J connectivity index is 1.60. The van der Waals surface area contributed by atoms with Gasteiger partial charge in [-0.2, -0.15) is 0 Å². The molecule has 1 aliphatic heterocycles. The SMILES string of the molecule is CC(C)c1oc(C2CCCN2C(=O)Cc2ccc(N)cc2)nc1-c1ccccc1. The third kappa shape index (κ3) is 4.04. The van der Waals surface area contributed by atoms with Crippen molar-refractivity contribution < 1.29 is 9.21 Å². The van der Waals surface area contributed by atoms with Crippen molar-refractivity contribution >= 4 is 11.6 Å². The number of likely N-dealkylation sites (tertiary alicyclic amines) is 1. The lowest BCUT2D eigenvalue weighted by Gasteiger charge is -2.22. The molecule has 150 valence electrons. The summed E-state index contributed by atoms with van der Waals surface area (Å²) in [5, 5.41) is 0. The Morgan fingerprint density at radius 1 is 1.17 bits per heavy atom. The molecule has 2 N–H and O–H groups in total. The van der Waals surface area contributed by atoms with Crippen LogP contribution in [-0.2, 0) is 11.2 Å². The van der Waals surface area contributed by atoms with Crippen molar-refractivity contribution in [2.45, 2.75) is 45.1 Å². The third-order valence-electron chi connectivity index (χ3n) is 5.43. The summed E-state index contributed by atoms with van der Waals surface area (Å²) >= 11 is 0. The largest absolute Gasteiger partial charge is 0.442 e. The van der Waals surface area contributed by atoms with Gasteiger partial charge in [0.25, 0.3) is 0 Å². The lowest BCUT2D eigenvalue weighted by molar-refractivity contribution is -0.131. The summed E-state index contributed by atoms with van der Waals surface area (Å²) in [4.78, 5) is 19.8. The van der Waals surface area contributed by atoms with Crippen molar-refractivity contribution in [2.75, 3.05) is 12.3 Å². The molecule has 1 aliphatic rings. The fourth-order valence-corrected chi connectivity index (χ4v) is 3.92. The number of hydrogen-bond acceptors (Lipinski definition) is 4. The second kappa shape index (κ2) is 8.11. The molecular weight excluding hydrogens is 362 g/mol. The molecule has 1 unspecified atom stereocenters. The summed E-state index contributed by atoms with van der Waals surface area (Å²) in [5.74, 6) is 1.84. The maximum Gasteiger partial charge on any atom is 0.227 e. The highest BCUT2D eigenvalue weighted by Crippen LogP contribution is 2.37. The monoisotopic (exact) mass is 389 g/mol. The molecule has 0 aliphatic carbocycles. The predicted molar refractivity (Wildman–Crippen MR) is 114 cm³/mol. The van der Waals surface area contributed by atoms with Crippen molar-refractivity contribution in [3.63, 3.8) is 0 Å². The van der Waals surface area contributed by atoms with Crippen LogP contribution in [0.5, 0.6) is 0 Å². The van der Waals surface area contributed by atoms with Crippen LogP contribution in [0.2, 0.25) is 0 Å². The Morgan fingerprint density at radius 2 is 1.90 bits per heavy atom. The van der Waals surface area contributed by atoms with E-state index in [1.165, 1.54) is 0 Å². The van der Waals surface area contributed by atoms with E-state index in [1.807, 2.05) is 59.5 Å². The van der Waals surface area contributed by atoms with Crippen molar-refractivity contribution in [2.24, 2.45) is 0 Å². The van der Waals surface area contributed by atoms with Crippen LogP contribution in [0.1, 0.15) is 55.9 Å². The highest BCUT2D eigenvalue weighted by atomic mass is 16.4. The van der Waals surface area contributed by atoms with Gasteiger partial charge in [0.2, 0.25) is 11.8 Å². The lowest BCUT2D eigenvalue weighted by atomic mass is 10.0. The smallest absolute Gasteiger partial charge is 0.227 e. The van der Waals surface area contributed by atoms with E-state index in [2.05, 4.69) is 13.8 Å². The molecule has 0 saturated carbocycles. The molecule has 29 heavy (non-hydrogen) atoms. The van der Waals surface area contributed by atoms with Gasteiger partial charge in [-0.25, -0.2) is 4.98 Å². The van der Waals surface area contributed by atoms with Gasteiger partial charge in [-0.05, 0) is 30.5 Å². The summed E-state index contributed by atoms with van der Waals surface area (Å²) in [6, 6.07) is 17.5. The van der Waals surface area contributed by atoms with Crippen LogP contribution in [0.15, 0.2) is 59.0 Å². The lowest BCUT2D eigenvalue weighted by Crippen LogP contribution is -2.32. The minimum atomic E-state index is -0.105. The van der Waals surface area contributed by atoms with Crippen LogP contribution in [0, 0.1) is 0 Å². The van der Waals surface area contributed by atoms with Crippen molar-refractivity contribution in [1.82, 2.24) is 9.88 Å². The number of nitrogens with zero attached hydrogens (tertiary/aromatic N) is 2. The number of rotatable bonds is 5. The zero-order chi connectivity index (χ0) is 20.4. The Morgan fingerprint density at radius 3 is 2.59 bits per heavy atom. The maximum atomic E-state index is 13.0. The number of nitrogen functional groups attached to an aromatic ring is 1. The first-order valence-corrected chi connectivity index (χ1v) is 10.2. The minimum Gasteiger partial charge on any atom is -0.442 e. The standard InChI is InChI=1S/C24H27N3O2/c1-16(2)23-22(18-7-4-3-5-8-18)26-24(29-23)20-9-6-14-27(20)21(28)15-17-10-12-19(25)13-11-17/h3-5,7-8,10-13,16,20H,6,9,14-15,25H2,1-2H3. The van der Waals surface area contributed by atoms with Crippen LogP contribution >= 0.6 is 0 Å². The van der Waals surface area contributed by atoms with E-state index in [1.54, 1.807) is 0 Å². The first-order valence-electron chi connectivity index (χ1n) is 10.2. The third-order valence-corrected chi connectivity index (χ3v) is 5.43. The van der Waals surface area contributed by atoms with E-state index in [0.29, 0.717) is 18.0 Å². The number of aromatic nitrogens is 1. The first-order chi connectivity index (χ1) is 14.0. The van der Waals surface area contributed by atoms with Gasteiger partial charge in [0.15, 0.2) is 0 Å². The van der Waals surface area contributed by atoms with Crippen LogP contribution < -0.4 is 5.73 Å². The zero-order valence-electron chi connectivity index (χ0n) is 17.0. The van der Waals surface area contributed by atoms with E-state index in [9.17, 15) is 4.79 Å². The second-order valence-electron chi connectivity index (χ2n) is 7.95. The van der Waals surface area contributed by atoms with E-state index >= 15 is 0 Å². The van der Waals surface area contributed by atoms with E-state index in [-0.39, 0.29) is 17.9 Å². The van der Waals surface area contributed by atoms with E-state index in [4.69, 9.17) is 15.1 Å². The zero-order valence-corrected chi connectivity index (χ0v) is 17.0. The van der Waals surface area contributed by atoms with E-state index in [0.717, 1.165) is 42.0 Å². The number of oxazole rings is 1. The molecule has 5 heteroatoms. The van der Waals surface area contributed by atoms with Crippen molar-refractivity contribution in [1.29, 1.82) is 0 Å². The molecule has 1 aromatic heterocycles. The fourth-order valence-electron chi connectivity index (χ4n) is 3.92. The molecule has 4 rings (SSSR count). The molecule has 5 nitrogen and oxygen atoms in total. The number of benzene rings is 2. The topological polar surface area (TPSA) is 72.4 Å². The molecule has 0 bridgehead atoms. The Kier molecular flexibility index (Phi) is 5.38. The van der Waals surface area contributed by atoms with Gasteiger partial charge in [-0.3, -0.25) is 4.79 Å².